The normalized spacial score (nSPS) is 16.1. The first-order valence-electron chi connectivity index (χ1n) is 11.0. The number of benzene rings is 2. The maximum atomic E-state index is 13.3. The number of hydrogen-bond acceptors (Lipinski definition) is 4. The van der Waals surface area contributed by atoms with Crippen molar-refractivity contribution in [2.24, 2.45) is 5.92 Å². The third kappa shape index (κ3) is 4.83. The number of carbonyl (C=O) groups excluding carboxylic acids is 1. The van der Waals surface area contributed by atoms with Crippen LogP contribution >= 0.6 is 0 Å². The Bertz CT molecular complexity index is 1280. The smallest absolute Gasteiger partial charge is 0.416 e. The molecule has 0 saturated carbocycles. The molecule has 182 valence electrons. The van der Waals surface area contributed by atoms with Gasteiger partial charge in [0.05, 0.1) is 16.7 Å². The largest absolute Gasteiger partial charge is 0.464 e. The molecule has 1 saturated heterocycles. The monoisotopic (exact) mass is 494 g/mol. The molecule has 0 atom stereocenters. The van der Waals surface area contributed by atoms with E-state index < -0.39 is 27.7 Å². The van der Waals surface area contributed by atoms with Gasteiger partial charge in [0.1, 0.15) is 5.58 Å². The maximum Gasteiger partial charge on any atom is 0.416 e. The number of rotatable bonds is 6. The fraction of sp³-hybridized carbons (Fsp3) is 0.375. The summed E-state index contributed by atoms with van der Waals surface area (Å²) in [4.78, 5) is 14.7. The highest BCUT2D eigenvalue weighted by atomic mass is 32.2. The molecule has 0 bridgehead atoms. The molecule has 34 heavy (non-hydrogen) atoms. The van der Waals surface area contributed by atoms with Crippen molar-refractivity contribution < 1.29 is 30.8 Å². The minimum absolute atomic E-state index is 0.0415. The van der Waals surface area contributed by atoms with Gasteiger partial charge in [0.25, 0.3) is 0 Å². The Hall–Kier alpha value is -2.85. The van der Waals surface area contributed by atoms with Gasteiger partial charge in [0.15, 0.2) is 0 Å². The summed E-state index contributed by atoms with van der Waals surface area (Å²) >= 11 is 0. The van der Waals surface area contributed by atoms with Crippen molar-refractivity contribution in [3.8, 4) is 0 Å². The Labute approximate surface area is 196 Å². The van der Waals surface area contributed by atoms with E-state index >= 15 is 0 Å². The van der Waals surface area contributed by atoms with E-state index in [0.29, 0.717) is 23.8 Å². The van der Waals surface area contributed by atoms with Crippen LogP contribution in [0.1, 0.15) is 30.9 Å². The predicted molar refractivity (Wildman–Crippen MR) is 120 cm³/mol. The lowest BCUT2D eigenvalue weighted by molar-refractivity contribution is -0.141. The fourth-order valence-corrected chi connectivity index (χ4v) is 5.85. The number of carbonyl (C=O) groups is 1. The lowest BCUT2D eigenvalue weighted by atomic mass is 9.96. The number of nitrogens with zero attached hydrogens (tertiary/aromatic N) is 2. The predicted octanol–water partition coefficient (Wildman–Crippen LogP) is 4.90. The first-order valence-corrected chi connectivity index (χ1v) is 12.5. The fourth-order valence-electron chi connectivity index (χ4n) is 4.34. The molecule has 1 aliphatic heterocycles. The van der Waals surface area contributed by atoms with Crippen LogP contribution in [0.15, 0.2) is 64.1 Å². The van der Waals surface area contributed by atoms with Gasteiger partial charge in [-0.15, -0.1) is 0 Å². The van der Waals surface area contributed by atoms with Gasteiger partial charge in [-0.2, -0.15) is 17.5 Å². The van der Waals surface area contributed by atoms with Gasteiger partial charge in [0.2, 0.25) is 15.9 Å². The van der Waals surface area contributed by atoms with Crippen LogP contribution in [-0.4, -0.2) is 43.2 Å². The van der Waals surface area contributed by atoms with Crippen LogP contribution in [0.2, 0.25) is 0 Å². The van der Waals surface area contributed by atoms with Crippen LogP contribution in [0, 0.1) is 5.92 Å². The minimum Gasteiger partial charge on any atom is -0.464 e. The van der Waals surface area contributed by atoms with Crippen LogP contribution < -0.4 is 0 Å². The molecule has 0 spiro atoms. The number of piperidine rings is 1. The molecule has 0 unspecified atom stereocenters. The summed E-state index contributed by atoms with van der Waals surface area (Å²) in [5.41, 5.74) is -0.119. The van der Waals surface area contributed by atoms with E-state index in [1.807, 2.05) is 0 Å². The molecule has 1 fully saturated rings. The average Bonchev–Trinajstić information content (AvgIpc) is 3.30. The molecule has 10 heteroatoms. The molecule has 0 N–H and O–H groups in total. The van der Waals surface area contributed by atoms with Crippen molar-refractivity contribution in [1.82, 2.24) is 9.21 Å². The summed E-state index contributed by atoms with van der Waals surface area (Å²) in [5.74, 6) is -0.697. The van der Waals surface area contributed by atoms with Gasteiger partial charge >= 0.3 is 6.18 Å². The molecule has 3 aromatic rings. The topological polar surface area (TPSA) is 70.8 Å². The zero-order chi connectivity index (χ0) is 24.5. The number of halogens is 3. The second kappa shape index (κ2) is 9.42. The number of alkyl halides is 3. The second-order valence-electron chi connectivity index (χ2n) is 8.31. The average molecular weight is 495 g/mol. The van der Waals surface area contributed by atoms with Crippen LogP contribution in [0.4, 0.5) is 13.2 Å². The summed E-state index contributed by atoms with van der Waals surface area (Å²) in [6.45, 7) is 2.17. The van der Waals surface area contributed by atoms with E-state index in [9.17, 15) is 26.4 Å². The lowest BCUT2D eigenvalue weighted by Crippen LogP contribution is -2.44. The van der Waals surface area contributed by atoms with Crippen molar-refractivity contribution in [3.05, 3.63) is 65.9 Å². The first kappa shape index (κ1) is 24.3. The summed E-state index contributed by atoms with van der Waals surface area (Å²) in [6.07, 6.45) is -2.39. The van der Waals surface area contributed by atoms with Gasteiger partial charge in [-0.05, 0) is 55.7 Å². The van der Waals surface area contributed by atoms with E-state index in [0.717, 1.165) is 6.07 Å². The molecule has 1 aliphatic rings. The van der Waals surface area contributed by atoms with Crippen molar-refractivity contribution in [2.75, 3.05) is 19.6 Å². The Kier molecular flexibility index (Phi) is 6.73. The quantitative estimate of drug-likeness (QED) is 0.489. The summed E-state index contributed by atoms with van der Waals surface area (Å²) < 4.78 is 72.8. The summed E-state index contributed by atoms with van der Waals surface area (Å²) in [5, 5.41) is 0.684. The zero-order valence-corrected chi connectivity index (χ0v) is 19.4. The van der Waals surface area contributed by atoms with E-state index in [-0.39, 0.29) is 42.5 Å². The molecular formula is C24H25F3N2O4S. The molecule has 6 nitrogen and oxygen atoms in total. The molecule has 4 rings (SSSR count). The number of furan rings is 1. The van der Waals surface area contributed by atoms with Gasteiger partial charge in [-0.1, -0.05) is 18.2 Å². The van der Waals surface area contributed by atoms with E-state index in [1.165, 1.54) is 39.7 Å². The van der Waals surface area contributed by atoms with Crippen molar-refractivity contribution in [2.45, 2.75) is 37.4 Å². The highest BCUT2D eigenvalue weighted by Gasteiger charge is 2.36. The van der Waals surface area contributed by atoms with E-state index in [2.05, 4.69) is 0 Å². The highest BCUT2D eigenvalue weighted by molar-refractivity contribution is 7.89. The molecule has 1 amide bonds. The Balaban J connectivity index is 1.43. The van der Waals surface area contributed by atoms with Gasteiger partial charge in [0, 0.05) is 37.5 Å². The van der Waals surface area contributed by atoms with Crippen LogP contribution in [0.5, 0.6) is 0 Å². The van der Waals surface area contributed by atoms with E-state index in [1.54, 1.807) is 25.1 Å². The van der Waals surface area contributed by atoms with Gasteiger partial charge in [-0.25, -0.2) is 8.42 Å². The first-order chi connectivity index (χ1) is 16.1. The van der Waals surface area contributed by atoms with Gasteiger partial charge < -0.3 is 9.32 Å². The Morgan fingerprint density at radius 2 is 1.82 bits per heavy atom. The van der Waals surface area contributed by atoms with Crippen LogP contribution in [-0.2, 0) is 27.5 Å². The van der Waals surface area contributed by atoms with E-state index in [4.69, 9.17) is 4.42 Å². The third-order valence-corrected chi connectivity index (χ3v) is 8.14. The minimum atomic E-state index is -4.50. The highest BCUT2D eigenvalue weighted by Crippen LogP contribution is 2.33. The van der Waals surface area contributed by atoms with Gasteiger partial charge in [-0.3, -0.25) is 4.79 Å². The van der Waals surface area contributed by atoms with Crippen LogP contribution in [0.25, 0.3) is 11.0 Å². The number of sulfonamides is 1. The van der Waals surface area contributed by atoms with Crippen molar-refractivity contribution >= 4 is 26.9 Å². The maximum absolute atomic E-state index is 13.3. The summed E-state index contributed by atoms with van der Waals surface area (Å²) in [6, 6.07) is 11.6. The molecular weight excluding hydrogens is 469 g/mol. The molecule has 0 aliphatic carbocycles. The lowest BCUT2D eigenvalue weighted by Gasteiger charge is -2.33. The summed E-state index contributed by atoms with van der Waals surface area (Å²) in [7, 11) is -3.74. The molecule has 2 heterocycles. The Morgan fingerprint density at radius 1 is 1.12 bits per heavy atom. The third-order valence-electron chi connectivity index (χ3n) is 6.24. The SMILES string of the molecule is CCN(Cc1ccccc1C(F)(F)F)C(=O)C1CCN(S(=O)(=O)c2ccc3occc3c2)CC1. The second-order valence-corrected chi connectivity index (χ2v) is 10.2. The molecule has 2 aromatic carbocycles. The van der Waals surface area contributed by atoms with Crippen molar-refractivity contribution in [1.29, 1.82) is 0 Å². The van der Waals surface area contributed by atoms with Crippen molar-refractivity contribution in [3.63, 3.8) is 0 Å². The Morgan fingerprint density at radius 3 is 2.50 bits per heavy atom. The molecule has 1 aromatic heterocycles. The number of amides is 1. The standard InChI is InChI=1S/C24H25F3N2O4S/c1-2-28(16-19-5-3-4-6-21(19)24(25,26)27)23(30)17-9-12-29(13-10-17)34(31,32)20-7-8-22-18(15-20)11-14-33-22/h3-8,11,14-15,17H,2,9-10,12-13,16H2,1H3. The number of fused-ring (bicyclic) bond motifs is 1. The van der Waals surface area contributed by atoms with Crippen LogP contribution in [0.3, 0.4) is 0 Å². The zero-order valence-electron chi connectivity index (χ0n) is 18.6. The number of hydrogen-bond donors (Lipinski definition) is 0. The molecule has 0 radical (unpaired) electrons.